The molecule has 18 heavy (non-hydrogen) atoms. The van der Waals surface area contributed by atoms with Crippen LogP contribution in [-0.4, -0.2) is 45.8 Å². The maximum absolute atomic E-state index is 11.8. The van der Waals surface area contributed by atoms with Gasteiger partial charge in [-0.25, -0.2) is 13.4 Å². The van der Waals surface area contributed by atoms with Crippen molar-refractivity contribution >= 4 is 15.7 Å². The van der Waals surface area contributed by atoms with E-state index in [0.717, 1.165) is 25.9 Å². The fraction of sp³-hybridized carbons (Fsp3) is 0.583. The molecule has 2 heterocycles. The average molecular weight is 269 g/mol. The van der Waals surface area contributed by atoms with Crippen molar-refractivity contribution in [2.75, 3.05) is 31.3 Å². The Hall–Kier alpha value is -1.14. The molecule has 1 aromatic rings. The summed E-state index contributed by atoms with van der Waals surface area (Å²) in [6.45, 7) is 1.66. The van der Waals surface area contributed by atoms with Gasteiger partial charge in [-0.2, -0.15) is 0 Å². The van der Waals surface area contributed by atoms with Crippen LogP contribution in [0, 0.1) is 0 Å². The Kier molecular flexibility index (Phi) is 3.87. The molecule has 1 aliphatic heterocycles. The standard InChI is InChI=1S/C12H19N3O2S/c1-13-10-5-4-8-15(9-10)12-11(18(2,16)17)6-3-7-14-12/h3,6-7,10,13H,4-5,8-9H2,1-2H3. The smallest absolute Gasteiger partial charge is 0.179 e. The predicted octanol–water partition coefficient (Wildman–Crippen LogP) is 0.673. The number of aromatic nitrogens is 1. The molecule has 100 valence electrons. The SMILES string of the molecule is CNC1CCCN(c2ncccc2S(C)(=O)=O)C1. The molecule has 1 unspecified atom stereocenters. The van der Waals surface area contributed by atoms with Crippen LogP contribution < -0.4 is 10.2 Å². The van der Waals surface area contributed by atoms with Crippen molar-refractivity contribution in [2.45, 2.75) is 23.8 Å². The third-order valence-corrected chi connectivity index (χ3v) is 4.40. The van der Waals surface area contributed by atoms with E-state index in [4.69, 9.17) is 0 Å². The number of likely N-dealkylation sites (N-methyl/N-ethyl adjacent to an activating group) is 1. The maximum atomic E-state index is 11.8. The topological polar surface area (TPSA) is 62.3 Å². The molecule has 1 atom stereocenters. The lowest BCUT2D eigenvalue weighted by atomic mass is 10.1. The molecule has 6 heteroatoms. The second-order valence-electron chi connectivity index (χ2n) is 4.67. The molecule has 0 saturated carbocycles. The van der Waals surface area contributed by atoms with Gasteiger partial charge in [0.15, 0.2) is 9.84 Å². The van der Waals surface area contributed by atoms with Crippen LogP contribution in [-0.2, 0) is 9.84 Å². The molecule has 1 aliphatic rings. The predicted molar refractivity (Wildman–Crippen MR) is 71.6 cm³/mol. The molecule has 5 nitrogen and oxygen atoms in total. The highest BCUT2D eigenvalue weighted by atomic mass is 32.2. The summed E-state index contributed by atoms with van der Waals surface area (Å²) < 4.78 is 23.5. The van der Waals surface area contributed by atoms with Gasteiger partial charge in [-0.3, -0.25) is 0 Å². The van der Waals surface area contributed by atoms with E-state index >= 15 is 0 Å². The van der Waals surface area contributed by atoms with E-state index in [1.807, 2.05) is 7.05 Å². The monoisotopic (exact) mass is 269 g/mol. The van der Waals surface area contributed by atoms with Gasteiger partial charge in [-0.05, 0) is 32.0 Å². The van der Waals surface area contributed by atoms with Gasteiger partial charge in [0, 0.05) is 31.6 Å². The van der Waals surface area contributed by atoms with Crippen molar-refractivity contribution < 1.29 is 8.42 Å². The summed E-state index contributed by atoms with van der Waals surface area (Å²) in [5.41, 5.74) is 0. The lowest BCUT2D eigenvalue weighted by Gasteiger charge is -2.34. The number of rotatable bonds is 3. The molecule has 0 aromatic carbocycles. The normalized spacial score (nSPS) is 21.0. The van der Waals surface area contributed by atoms with E-state index in [1.165, 1.54) is 6.26 Å². The number of pyridine rings is 1. The minimum atomic E-state index is -3.23. The second-order valence-corrected chi connectivity index (χ2v) is 6.66. The molecular formula is C12H19N3O2S. The summed E-state index contributed by atoms with van der Waals surface area (Å²) in [5, 5.41) is 3.24. The summed E-state index contributed by atoms with van der Waals surface area (Å²) >= 11 is 0. The van der Waals surface area contributed by atoms with Crippen LogP contribution in [0.3, 0.4) is 0 Å². The third-order valence-electron chi connectivity index (χ3n) is 3.28. The third kappa shape index (κ3) is 2.81. The molecule has 0 amide bonds. The first kappa shape index (κ1) is 13.3. The van der Waals surface area contributed by atoms with Gasteiger partial charge in [-0.15, -0.1) is 0 Å². The van der Waals surface area contributed by atoms with Gasteiger partial charge in [0.2, 0.25) is 0 Å². The molecule has 0 radical (unpaired) electrons. The summed E-state index contributed by atoms with van der Waals surface area (Å²) in [6, 6.07) is 3.69. The molecule has 0 aliphatic carbocycles. The van der Waals surface area contributed by atoms with Crippen LogP contribution in [0.5, 0.6) is 0 Å². The molecule has 1 N–H and O–H groups in total. The maximum Gasteiger partial charge on any atom is 0.179 e. The van der Waals surface area contributed by atoms with E-state index in [2.05, 4.69) is 15.2 Å². The molecule has 1 fully saturated rings. The minimum Gasteiger partial charge on any atom is -0.354 e. The fourth-order valence-corrected chi connectivity index (χ4v) is 3.15. The van der Waals surface area contributed by atoms with Crippen LogP contribution in [0.25, 0.3) is 0 Å². The number of piperidine rings is 1. The quantitative estimate of drug-likeness (QED) is 0.874. The lowest BCUT2D eigenvalue weighted by Crippen LogP contribution is -2.45. The van der Waals surface area contributed by atoms with Crippen molar-refractivity contribution in [3.8, 4) is 0 Å². The Labute approximate surface area is 108 Å². The van der Waals surface area contributed by atoms with Crippen molar-refractivity contribution in [1.29, 1.82) is 0 Å². The van der Waals surface area contributed by atoms with E-state index in [-0.39, 0.29) is 0 Å². The molecule has 1 saturated heterocycles. The van der Waals surface area contributed by atoms with Crippen molar-refractivity contribution in [3.05, 3.63) is 18.3 Å². The highest BCUT2D eigenvalue weighted by molar-refractivity contribution is 7.90. The van der Waals surface area contributed by atoms with E-state index in [0.29, 0.717) is 16.8 Å². The van der Waals surface area contributed by atoms with Crippen LogP contribution in [0.15, 0.2) is 23.2 Å². The summed E-state index contributed by atoms with van der Waals surface area (Å²) in [4.78, 5) is 6.63. The van der Waals surface area contributed by atoms with E-state index < -0.39 is 9.84 Å². The van der Waals surface area contributed by atoms with Crippen LogP contribution in [0.1, 0.15) is 12.8 Å². The summed E-state index contributed by atoms with van der Waals surface area (Å²) in [7, 11) is -1.30. The Bertz CT molecular complexity index is 516. The average Bonchev–Trinajstić information content (AvgIpc) is 2.38. The van der Waals surface area contributed by atoms with Gasteiger partial charge in [0.25, 0.3) is 0 Å². The van der Waals surface area contributed by atoms with E-state index in [1.54, 1.807) is 18.3 Å². The van der Waals surface area contributed by atoms with Gasteiger partial charge < -0.3 is 10.2 Å². The van der Waals surface area contributed by atoms with Crippen LogP contribution in [0.4, 0.5) is 5.82 Å². The first-order chi connectivity index (χ1) is 8.52. The first-order valence-electron chi connectivity index (χ1n) is 6.09. The minimum absolute atomic E-state index is 0.321. The fourth-order valence-electron chi connectivity index (χ4n) is 2.31. The number of nitrogens with zero attached hydrogens (tertiary/aromatic N) is 2. The number of hydrogen-bond acceptors (Lipinski definition) is 5. The van der Waals surface area contributed by atoms with Gasteiger partial charge >= 0.3 is 0 Å². The van der Waals surface area contributed by atoms with E-state index in [9.17, 15) is 8.42 Å². The number of anilines is 1. The highest BCUT2D eigenvalue weighted by Crippen LogP contribution is 2.25. The lowest BCUT2D eigenvalue weighted by molar-refractivity contribution is 0.446. The summed E-state index contributed by atoms with van der Waals surface area (Å²) in [6.07, 6.45) is 5.04. The van der Waals surface area contributed by atoms with Crippen molar-refractivity contribution in [1.82, 2.24) is 10.3 Å². The van der Waals surface area contributed by atoms with Gasteiger partial charge in [0.05, 0.1) is 0 Å². The molecule has 0 bridgehead atoms. The molecular weight excluding hydrogens is 250 g/mol. The van der Waals surface area contributed by atoms with Gasteiger partial charge in [0.1, 0.15) is 10.7 Å². The molecule has 2 rings (SSSR count). The zero-order valence-electron chi connectivity index (χ0n) is 10.8. The van der Waals surface area contributed by atoms with Crippen molar-refractivity contribution in [3.63, 3.8) is 0 Å². The zero-order chi connectivity index (χ0) is 13.2. The highest BCUT2D eigenvalue weighted by Gasteiger charge is 2.24. The first-order valence-corrected chi connectivity index (χ1v) is 7.99. The Morgan fingerprint density at radius 3 is 2.94 bits per heavy atom. The Balaban J connectivity index is 2.33. The summed E-state index contributed by atoms with van der Waals surface area (Å²) in [5.74, 6) is 0.583. The number of hydrogen-bond donors (Lipinski definition) is 1. The number of nitrogens with one attached hydrogen (secondary N) is 1. The Morgan fingerprint density at radius 2 is 2.28 bits per heavy atom. The van der Waals surface area contributed by atoms with Crippen LogP contribution >= 0.6 is 0 Å². The molecule has 1 aromatic heterocycles. The van der Waals surface area contributed by atoms with Crippen molar-refractivity contribution in [2.24, 2.45) is 0 Å². The largest absolute Gasteiger partial charge is 0.354 e. The zero-order valence-corrected chi connectivity index (χ0v) is 11.6. The number of sulfone groups is 1. The van der Waals surface area contributed by atoms with Gasteiger partial charge in [-0.1, -0.05) is 0 Å². The Morgan fingerprint density at radius 1 is 1.50 bits per heavy atom. The molecule has 0 spiro atoms. The van der Waals surface area contributed by atoms with Crippen LogP contribution in [0.2, 0.25) is 0 Å². The second kappa shape index (κ2) is 5.24.